The van der Waals surface area contributed by atoms with E-state index in [4.69, 9.17) is 9.84 Å². The van der Waals surface area contributed by atoms with Crippen LogP contribution in [0.25, 0.3) is 0 Å². The van der Waals surface area contributed by atoms with Gasteiger partial charge in [-0.05, 0) is 37.5 Å². The second-order valence-corrected chi connectivity index (χ2v) is 8.10. The van der Waals surface area contributed by atoms with Gasteiger partial charge in [0.05, 0.1) is 30.5 Å². The van der Waals surface area contributed by atoms with Crippen LogP contribution in [0, 0.1) is 11.8 Å². The van der Waals surface area contributed by atoms with E-state index < -0.39 is 18.2 Å². The Balaban J connectivity index is 0.000000558. The predicted molar refractivity (Wildman–Crippen MR) is 115 cm³/mol. The molecule has 0 amide bonds. The Hall–Kier alpha value is -2.05. The third kappa shape index (κ3) is 8.36. The van der Waals surface area contributed by atoms with Gasteiger partial charge in [0.15, 0.2) is 0 Å². The normalized spacial score (nSPS) is 27.5. The number of hydrogen-bond donors (Lipinski definition) is 3. The van der Waals surface area contributed by atoms with Crippen LogP contribution < -0.4 is 0 Å². The molecule has 0 unspecified atom stereocenters. The minimum atomic E-state index is -0.770. The van der Waals surface area contributed by atoms with Crippen LogP contribution in [0.1, 0.15) is 64.7 Å². The Bertz CT molecular complexity index is 633. The van der Waals surface area contributed by atoms with Crippen molar-refractivity contribution in [3.05, 3.63) is 48.6 Å². The number of allylic oxidation sites excluding steroid dienone is 2. The molecule has 168 valence electrons. The number of carboxylic acid groups (broad SMARTS) is 1. The minimum absolute atomic E-state index is 0.0238. The molecule has 30 heavy (non-hydrogen) atoms. The van der Waals surface area contributed by atoms with Gasteiger partial charge in [0.1, 0.15) is 6.10 Å². The van der Waals surface area contributed by atoms with Gasteiger partial charge in [-0.25, -0.2) is 0 Å². The van der Waals surface area contributed by atoms with Crippen molar-refractivity contribution >= 4 is 5.97 Å². The van der Waals surface area contributed by atoms with Gasteiger partial charge in [0.25, 0.3) is 0 Å². The number of ether oxygens (including phenoxy) is 1. The maximum atomic E-state index is 10.5. The van der Waals surface area contributed by atoms with E-state index in [1.165, 1.54) is 0 Å². The Morgan fingerprint density at radius 2 is 2.03 bits per heavy atom. The molecule has 0 radical (unpaired) electrons. The molecule has 0 aromatic carbocycles. The summed E-state index contributed by atoms with van der Waals surface area (Å²) in [6.07, 6.45) is 15.2. The molecule has 1 aromatic rings. The van der Waals surface area contributed by atoms with Crippen molar-refractivity contribution in [1.29, 1.82) is 0 Å². The molecule has 3 N–H and O–H groups in total. The molecule has 2 fully saturated rings. The summed E-state index contributed by atoms with van der Waals surface area (Å²) in [5, 5.41) is 29.0. The average molecular weight is 421 g/mol. The molecular formula is C24H36O6. The first-order valence-corrected chi connectivity index (χ1v) is 11.1. The van der Waals surface area contributed by atoms with Gasteiger partial charge in [-0.3, -0.25) is 4.79 Å². The summed E-state index contributed by atoms with van der Waals surface area (Å²) in [6, 6.07) is 3.67. The van der Waals surface area contributed by atoms with E-state index in [2.05, 4.69) is 11.3 Å². The maximum absolute atomic E-state index is 10.5. The largest absolute Gasteiger partial charge is 0.495 e. The second kappa shape index (κ2) is 13.3. The summed E-state index contributed by atoms with van der Waals surface area (Å²) in [7, 11) is 0. The highest BCUT2D eigenvalue weighted by Crippen LogP contribution is 2.45. The van der Waals surface area contributed by atoms with Crippen molar-refractivity contribution < 1.29 is 29.3 Å². The fraction of sp³-hybridized carbons (Fsp3) is 0.625. The van der Waals surface area contributed by atoms with Crippen LogP contribution in [0.4, 0.5) is 0 Å². The first-order chi connectivity index (χ1) is 14.5. The fourth-order valence-corrected chi connectivity index (χ4v) is 4.08. The van der Waals surface area contributed by atoms with Crippen molar-refractivity contribution in [3.63, 3.8) is 0 Å². The molecule has 5 atom stereocenters. The third-order valence-electron chi connectivity index (χ3n) is 5.68. The molecule has 1 aromatic heterocycles. The number of aliphatic hydroxyl groups excluding tert-OH is 2. The smallest absolute Gasteiger partial charge is 0.303 e. The van der Waals surface area contributed by atoms with Crippen LogP contribution in [-0.4, -0.2) is 39.6 Å². The predicted octanol–water partition coefficient (Wildman–Crippen LogP) is 4.69. The number of carboxylic acids is 1. The Morgan fingerprint density at radius 1 is 1.27 bits per heavy atom. The van der Waals surface area contributed by atoms with Crippen LogP contribution in [0.3, 0.4) is 0 Å². The zero-order chi connectivity index (χ0) is 21.8. The van der Waals surface area contributed by atoms with E-state index in [1.54, 1.807) is 12.5 Å². The molecule has 3 rings (SSSR count). The first kappa shape index (κ1) is 24.2. The van der Waals surface area contributed by atoms with Crippen LogP contribution in [0.2, 0.25) is 0 Å². The lowest BCUT2D eigenvalue weighted by molar-refractivity contribution is -0.137. The maximum Gasteiger partial charge on any atom is 0.303 e. The number of fused-ring (bicyclic) bond motifs is 1. The standard InChI is InChI=1S/C20H32O5.C4H4O/c1-2-3-4-7-14(21)10-11-16-17-12-15(8-5-6-9-20(23)24)25-19(17)13-18(16)22;1-2-4-5-3-1/h8,10-11,14,16-19,21-22H,2-7,9,12-13H2,1H3,(H,23,24);1-4H/b11-10+,15-8-;/t14-,16+,17+,18+,19-;/m0./s1. The summed E-state index contributed by atoms with van der Waals surface area (Å²) in [4.78, 5) is 10.5. The summed E-state index contributed by atoms with van der Waals surface area (Å²) in [5.74, 6) is 0.429. The number of unbranched alkanes of at least 4 members (excludes halogenated alkanes) is 3. The lowest BCUT2D eigenvalue weighted by atomic mass is 9.90. The van der Waals surface area contributed by atoms with E-state index in [0.717, 1.165) is 37.9 Å². The zero-order valence-electron chi connectivity index (χ0n) is 17.9. The number of aliphatic carboxylic acids is 1. The lowest BCUT2D eigenvalue weighted by Crippen LogP contribution is -2.18. The Labute approximate surface area is 179 Å². The van der Waals surface area contributed by atoms with Crippen molar-refractivity contribution in [2.75, 3.05) is 0 Å². The number of aliphatic hydroxyl groups is 2. The molecule has 6 heteroatoms. The molecule has 0 bridgehead atoms. The van der Waals surface area contributed by atoms with Gasteiger partial charge in [0, 0.05) is 31.1 Å². The minimum Gasteiger partial charge on any atom is -0.495 e. The summed E-state index contributed by atoms with van der Waals surface area (Å²) >= 11 is 0. The molecule has 1 aliphatic carbocycles. The highest BCUT2D eigenvalue weighted by Gasteiger charge is 2.46. The Morgan fingerprint density at radius 3 is 2.67 bits per heavy atom. The number of rotatable bonds is 10. The molecular weight excluding hydrogens is 384 g/mol. The van der Waals surface area contributed by atoms with Crippen LogP contribution in [0.15, 0.2) is 53.1 Å². The SMILES string of the molecule is CCCCC[C@H](O)/C=C/[C@@H]1[C@H]2C/C(=C/CCCC(=O)O)O[C@H]2C[C@H]1O.c1ccoc1. The third-order valence-corrected chi connectivity index (χ3v) is 5.68. The van der Waals surface area contributed by atoms with Gasteiger partial charge >= 0.3 is 5.97 Å². The van der Waals surface area contributed by atoms with Crippen molar-refractivity contribution in [2.45, 2.75) is 83.0 Å². The van der Waals surface area contributed by atoms with Crippen molar-refractivity contribution in [1.82, 2.24) is 0 Å². The average Bonchev–Trinajstić information content (AvgIpc) is 3.44. The van der Waals surface area contributed by atoms with Crippen LogP contribution in [0.5, 0.6) is 0 Å². The van der Waals surface area contributed by atoms with Gasteiger partial charge in [0.2, 0.25) is 0 Å². The monoisotopic (exact) mass is 420 g/mol. The van der Waals surface area contributed by atoms with Gasteiger partial charge < -0.3 is 24.5 Å². The first-order valence-electron chi connectivity index (χ1n) is 11.1. The van der Waals surface area contributed by atoms with E-state index >= 15 is 0 Å². The van der Waals surface area contributed by atoms with E-state index in [9.17, 15) is 15.0 Å². The van der Waals surface area contributed by atoms with E-state index in [1.807, 2.05) is 30.4 Å². The van der Waals surface area contributed by atoms with E-state index in [0.29, 0.717) is 19.3 Å². The van der Waals surface area contributed by atoms with Crippen molar-refractivity contribution in [2.24, 2.45) is 11.8 Å². The summed E-state index contributed by atoms with van der Waals surface area (Å²) in [5.41, 5.74) is 0. The molecule has 2 aliphatic rings. The highest BCUT2D eigenvalue weighted by atomic mass is 16.5. The molecule has 1 saturated heterocycles. The quantitative estimate of drug-likeness (QED) is 0.375. The number of carbonyl (C=O) groups is 1. The van der Waals surface area contributed by atoms with Crippen molar-refractivity contribution in [3.8, 4) is 0 Å². The number of hydrogen-bond acceptors (Lipinski definition) is 5. The van der Waals surface area contributed by atoms with E-state index in [-0.39, 0.29) is 24.4 Å². The summed E-state index contributed by atoms with van der Waals surface area (Å²) in [6.45, 7) is 2.14. The second-order valence-electron chi connectivity index (χ2n) is 8.10. The highest BCUT2D eigenvalue weighted by molar-refractivity contribution is 5.66. The molecule has 6 nitrogen and oxygen atoms in total. The fourth-order valence-electron chi connectivity index (χ4n) is 4.08. The molecule has 2 heterocycles. The molecule has 1 aliphatic heterocycles. The van der Waals surface area contributed by atoms with Crippen LogP contribution >= 0.6 is 0 Å². The lowest BCUT2D eigenvalue weighted by Gasteiger charge is -2.16. The van der Waals surface area contributed by atoms with Crippen LogP contribution in [-0.2, 0) is 9.53 Å². The molecule has 1 saturated carbocycles. The van der Waals surface area contributed by atoms with Gasteiger partial charge in [-0.15, -0.1) is 0 Å². The topological polar surface area (TPSA) is 100 Å². The molecule has 0 spiro atoms. The summed E-state index contributed by atoms with van der Waals surface area (Å²) < 4.78 is 10.5. The van der Waals surface area contributed by atoms with Gasteiger partial charge in [-0.2, -0.15) is 0 Å². The Kier molecular flexibility index (Phi) is 10.7. The zero-order valence-corrected chi connectivity index (χ0v) is 17.9. The number of furan rings is 1. The van der Waals surface area contributed by atoms with Gasteiger partial charge in [-0.1, -0.05) is 38.3 Å².